The molecule has 0 unspecified atom stereocenters. The molecule has 0 aliphatic heterocycles. The van der Waals surface area contributed by atoms with Crippen LogP contribution in [0.3, 0.4) is 0 Å². The number of anilines is 2. The number of para-hydroxylation sites is 1. The minimum Gasteiger partial charge on any atom is -0.308 e. The van der Waals surface area contributed by atoms with Crippen LogP contribution in [-0.2, 0) is 6.18 Å². The number of rotatable bonds is 3. The molecule has 2 amide bonds. The first-order chi connectivity index (χ1) is 14.3. The number of benzene rings is 2. The zero-order valence-electron chi connectivity index (χ0n) is 15.7. The molecule has 0 saturated carbocycles. The van der Waals surface area contributed by atoms with E-state index < -0.39 is 17.8 Å². The monoisotopic (exact) mass is 411 g/mol. The minimum absolute atomic E-state index is 0.319. The fourth-order valence-electron chi connectivity index (χ4n) is 3.14. The third-order valence-electron chi connectivity index (χ3n) is 4.52. The second-order valence-corrected chi connectivity index (χ2v) is 6.54. The molecule has 6 nitrogen and oxygen atoms in total. The number of halogens is 3. The molecule has 0 atom stereocenters. The van der Waals surface area contributed by atoms with Gasteiger partial charge in [0.1, 0.15) is 0 Å². The van der Waals surface area contributed by atoms with Crippen molar-refractivity contribution in [1.82, 2.24) is 14.4 Å². The van der Waals surface area contributed by atoms with E-state index in [-0.39, 0.29) is 5.69 Å². The van der Waals surface area contributed by atoms with E-state index in [1.54, 1.807) is 30.5 Å². The molecule has 9 heteroatoms. The Morgan fingerprint density at radius 1 is 1.03 bits per heavy atom. The van der Waals surface area contributed by atoms with Crippen LogP contribution in [0, 0.1) is 6.92 Å². The SMILES string of the molecule is Cc1c(-c2cccc(NC(=O)Nc3ccccc3C(F)(F)F)c2)nc2ncccn12. The Balaban J connectivity index is 1.57. The van der Waals surface area contributed by atoms with Gasteiger partial charge in [0.25, 0.3) is 0 Å². The molecule has 2 aromatic carbocycles. The van der Waals surface area contributed by atoms with Crippen LogP contribution in [0.15, 0.2) is 67.0 Å². The molecule has 2 N–H and O–H groups in total. The second kappa shape index (κ2) is 7.51. The summed E-state index contributed by atoms with van der Waals surface area (Å²) in [5, 5.41) is 4.82. The molecule has 152 valence electrons. The summed E-state index contributed by atoms with van der Waals surface area (Å²) in [5.74, 6) is 0.546. The van der Waals surface area contributed by atoms with Gasteiger partial charge in [-0.25, -0.2) is 14.8 Å². The summed E-state index contributed by atoms with van der Waals surface area (Å²) in [5.41, 5.74) is 1.49. The maximum absolute atomic E-state index is 13.1. The lowest BCUT2D eigenvalue weighted by Crippen LogP contribution is -2.21. The third kappa shape index (κ3) is 3.82. The molecule has 0 aliphatic rings. The first kappa shape index (κ1) is 19.4. The van der Waals surface area contributed by atoms with Crippen molar-refractivity contribution >= 4 is 23.2 Å². The zero-order valence-corrected chi connectivity index (χ0v) is 15.7. The van der Waals surface area contributed by atoms with E-state index in [4.69, 9.17) is 0 Å². The van der Waals surface area contributed by atoms with Gasteiger partial charge < -0.3 is 10.6 Å². The van der Waals surface area contributed by atoms with Gasteiger partial charge in [-0.1, -0.05) is 24.3 Å². The summed E-state index contributed by atoms with van der Waals surface area (Å²) in [6.07, 6.45) is -1.08. The maximum atomic E-state index is 13.1. The van der Waals surface area contributed by atoms with Gasteiger partial charge in [-0.05, 0) is 37.3 Å². The molecule has 0 spiro atoms. The Labute approximate surface area is 169 Å². The van der Waals surface area contributed by atoms with Crippen LogP contribution < -0.4 is 10.6 Å². The highest BCUT2D eigenvalue weighted by Crippen LogP contribution is 2.34. The van der Waals surface area contributed by atoms with Crippen molar-refractivity contribution < 1.29 is 18.0 Å². The molecule has 4 rings (SSSR count). The van der Waals surface area contributed by atoms with E-state index in [0.29, 0.717) is 17.2 Å². The normalized spacial score (nSPS) is 11.5. The van der Waals surface area contributed by atoms with Gasteiger partial charge in [0, 0.05) is 29.3 Å². The molecule has 2 aromatic heterocycles. The van der Waals surface area contributed by atoms with Crippen molar-refractivity contribution in [3.05, 3.63) is 78.2 Å². The Bertz CT molecular complexity index is 1230. The fourth-order valence-corrected chi connectivity index (χ4v) is 3.14. The Morgan fingerprint density at radius 2 is 1.83 bits per heavy atom. The van der Waals surface area contributed by atoms with E-state index in [9.17, 15) is 18.0 Å². The molecule has 0 aliphatic carbocycles. The summed E-state index contributed by atoms with van der Waals surface area (Å²) in [6, 6.07) is 12.7. The number of fused-ring (bicyclic) bond motifs is 1. The van der Waals surface area contributed by atoms with Crippen LogP contribution in [0.2, 0.25) is 0 Å². The van der Waals surface area contributed by atoms with E-state index in [1.165, 1.54) is 18.2 Å². The molecule has 2 heterocycles. The quantitative estimate of drug-likeness (QED) is 0.476. The second-order valence-electron chi connectivity index (χ2n) is 6.54. The predicted octanol–water partition coefficient (Wildman–Crippen LogP) is 5.37. The number of urea groups is 1. The van der Waals surface area contributed by atoms with Crippen LogP contribution in [0.4, 0.5) is 29.3 Å². The van der Waals surface area contributed by atoms with Crippen molar-refractivity contribution in [2.45, 2.75) is 13.1 Å². The predicted molar refractivity (Wildman–Crippen MR) is 107 cm³/mol. The summed E-state index contributed by atoms with van der Waals surface area (Å²) < 4.78 is 41.2. The van der Waals surface area contributed by atoms with Crippen molar-refractivity contribution in [3.63, 3.8) is 0 Å². The van der Waals surface area contributed by atoms with Gasteiger partial charge >= 0.3 is 12.2 Å². The van der Waals surface area contributed by atoms with Crippen molar-refractivity contribution in [3.8, 4) is 11.3 Å². The zero-order chi connectivity index (χ0) is 21.3. The Kier molecular flexibility index (Phi) is 4.86. The van der Waals surface area contributed by atoms with Gasteiger partial charge in [-0.2, -0.15) is 13.2 Å². The highest BCUT2D eigenvalue weighted by Gasteiger charge is 2.33. The molecule has 0 bridgehead atoms. The van der Waals surface area contributed by atoms with Gasteiger partial charge in [0.15, 0.2) is 0 Å². The molecular weight excluding hydrogens is 395 g/mol. The summed E-state index contributed by atoms with van der Waals surface area (Å²) >= 11 is 0. The van der Waals surface area contributed by atoms with Crippen LogP contribution in [0.5, 0.6) is 0 Å². The molecule has 0 fully saturated rings. The van der Waals surface area contributed by atoms with Gasteiger partial charge in [-0.3, -0.25) is 4.40 Å². The smallest absolute Gasteiger partial charge is 0.308 e. The standard InChI is InChI=1S/C21H16F3N5O/c1-13-18(28-19-25-10-5-11-29(13)19)14-6-4-7-15(12-14)26-20(30)27-17-9-3-2-8-16(17)21(22,23)24/h2-12H,1H3,(H2,26,27,30). The number of carbonyl (C=O) groups excluding carboxylic acids is 1. The molecule has 4 aromatic rings. The van der Waals surface area contributed by atoms with E-state index >= 15 is 0 Å². The topological polar surface area (TPSA) is 71.3 Å². The largest absolute Gasteiger partial charge is 0.418 e. The van der Waals surface area contributed by atoms with E-state index in [1.807, 2.05) is 23.6 Å². The van der Waals surface area contributed by atoms with E-state index in [2.05, 4.69) is 20.6 Å². The first-order valence-corrected chi connectivity index (χ1v) is 8.97. The van der Waals surface area contributed by atoms with Crippen LogP contribution in [0.1, 0.15) is 11.3 Å². The molecule has 0 radical (unpaired) electrons. The highest BCUT2D eigenvalue weighted by molar-refractivity contribution is 6.00. The number of nitrogens with one attached hydrogen (secondary N) is 2. The lowest BCUT2D eigenvalue weighted by Gasteiger charge is -2.14. The van der Waals surface area contributed by atoms with Gasteiger partial charge in [0.05, 0.1) is 16.9 Å². The lowest BCUT2D eigenvalue weighted by molar-refractivity contribution is -0.136. The molecule has 30 heavy (non-hydrogen) atoms. The number of imidazole rings is 1. The minimum atomic E-state index is -4.57. The summed E-state index contributed by atoms with van der Waals surface area (Å²) in [7, 11) is 0. The third-order valence-corrected chi connectivity index (χ3v) is 4.52. The number of hydrogen-bond acceptors (Lipinski definition) is 3. The average molecular weight is 411 g/mol. The fraction of sp³-hybridized carbons (Fsp3) is 0.0952. The van der Waals surface area contributed by atoms with Gasteiger partial charge in [0.2, 0.25) is 5.78 Å². The maximum Gasteiger partial charge on any atom is 0.418 e. The van der Waals surface area contributed by atoms with Crippen LogP contribution in [-0.4, -0.2) is 20.4 Å². The van der Waals surface area contributed by atoms with Crippen molar-refractivity contribution in [2.75, 3.05) is 10.6 Å². The Hall–Kier alpha value is -3.88. The summed E-state index contributed by atoms with van der Waals surface area (Å²) in [6.45, 7) is 1.90. The Morgan fingerprint density at radius 3 is 2.60 bits per heavy atom. The number of nitrogens with zero attached hydrogens (tertiary/aromatic N) is 3. The lowest BCUT2D eigenvalue weighted by atomic mass is 10.1. The number of aryl methyl sites for hydroxylation is 1. The van der Waals surface area contributed by atoms with Gasteiger partial charge in [-0.15, -0.1) is 0 Å². The van der Waals surface area contributed by atoms with Crippen molar-refractivity contribution in [2.24, 2.45) is 0 Å². The first-order valence-electron chi connectivity index (χ1n) is 8.97. The highest BCUT2D eigenvalue weighted by atomic mass is 19.4. The number of carbonyl (C=O) groups is 1. The number of aromatic nitrogens is 3. The average Bonchev–Trinajstić information content (AvgIpc) is 3.05. The van der Waals surface area contributed by atoms with Crippen LogP contribution in [0.25, 0.3) is 17.0 Å². The van der Waals surface area contributed by atoms with E-state index in [0.717, 1.165) is 17.3 Å². The summed E-state index contributed by atoms with van der Waals surface area (Å²) in [4.78, 5) is 21.0. The number of alkyl halides is 3. The molecular formula is C21H16F3N5O. The number of amides is 2. The van der Waals surface area contributed by atoms with Crippen molar-refractivity contribution in [1.29, 1.82) is 0 Å². The number of hydrogen-bond donors (Lipinski definition) is 2. The van der Waals surface area contributed by atoms with Crippen LogP contribution >= 0.6 is 0 Å². The molecule has 0 saturated heterocycles.